The second-order valence-corrected chi connectivity index (χ2v) is 39.8. The summed E-state index contributed by atoms with van der Waals surface area (Å²) in [6.07, 6.45) is 5.54. The van der Waals surface area contributed by atoms with Crippen molar-refractivity contribution in [2.45, 2.75) is 109 Å². The van der Waals surface area contributed by atoms with Crippen molar-refractivity contribution < 1.29 is 20.0 Å². The Hall–Kier alpha value is -2.55. The normalized spacial score (nSPS) is 20.4. The maximum absolute atomic E-state index is 3.10. The molecule has 0 aromatic heterocycles. The van der Waals surface area contributed by atoms with Gasteiger partial charge in [-0.05, 0) is 0 Å². The quantitative estimate of drug-likeness (QED) is 0.180. The molecule has 0 spiro atoms. The van der Waals surface area contributed by atoms with E-state index >= 15 is 0 Å². The Balaban J connectivity index is 1.41. The van der Waals surface area contributed by atoms with Gasteiger partial charge in [0.1, 0.15) is 0 Å². The van der Waals surface area contributed by atoms with Crippen LogP contribution in [0, 0.1) is 13.8 Å². The number of allylic oxidation sites excluding steroid dienone is 2. The van der Waals surface area contributed by atoms with Gasteiger partial charge < -0.3 is 0 Å². The number of fused-ring (bicyclic) bond motifs is 6. The first kappa shape index (κ1) is 33.9. The molecule has 1 saturated heterocycles. The third-order valence-corrected chi connectivity index (χ3v) is 35.4. The fraction of sp³-hybridized carbons (Fsp3) is 0.391. The molecule has 2 atom stereocenters. The van der Waals surface area contributed by atoms with Gasteiger partial charge in [0.2, 0.25) is 0 Å². The number of benzene rings is 4. The van der Waals surface area contributed by atoms with Crippen LogP contribution in [0.15, 0.2) is 83.2 Å². The van der Waals surface area contributed by atoms with E-state index in [2.05, 4.69) is 164 Å². The zero-order valence-electron chi connectivity index (χ0n) is 31.7. The molecule has 1 heterocycles. The molecule has 2 heteroatoms. The van der Waals surface area contributed by atoms with Crippen LogP contribution in [0.4, 0.5) is 0 Å². The van der Waals surface area contributed by atoms with Gasteiger partial charge in [-0.25, -0.2) is 0 Å². The molecule has 48 heavy (non-hydrogen) atoms. The number of hydrogen-bond donors (Lipinski definition) is 0. The average molecular weight is 816 g/mol. The van der Waals surface area contributed by atoms with Gasteiger partial charge in [-0.1, -0.05) is 0 Å². The fourth-order valence-corrected chi connectivity index (χ4v) is 41.9. The summed E-state index contributed by atoms with van der Waals surface area (Å²) < 4.78 is 6.95. The molecule has 1 aliphatic heterocycles. The molecule has 0 bridgehead atoms. The average Bonchev–Trinajstić information content (AvgIpc) is 3.62. The van der Waals surface area contributed by atoms with Gasteiger partial charge in [-0.2, -0.15) is 0 Å². The molecule has 0 saturated carbocycles. The van der Waals surface area contributed by atoms with E-state index in [1.807, 2.05) is 10.4 Å². The standard InChI is InChI=1S/C44H50Si.2CH3.Hf/c1-11-45(12-2,35-25-31-15-13-17-39(41(31)27-35)37-21-19-33(23-29(37)3)43(5,6)7)36-26-32-16-14-18-40(42(32)28-36)38-22-20-34(24-30(38)4)44(8,9)10;;;/h13-28H,11-12H2,1-10H3;2*1H3;. The first-order valence-corrected chi connectivity index (χ1v) is 32.2. The van der Waals surface area contributed by atoms with Crippen molar-refractivity contribution in [1.29, 1.82) is 0 Å². The number of aryl methyl sites for hydroxylation is 2. The predicted octanol–water partition coefficient (Wildman–Crippen LogP) is 13.6. The van der Waals surface area contributed by atoms with Crippen LogP contribution in [-0.2, 0) is 30.8 Å². The van der Waals surface area contributed by atoms with Crippen LogP contribution >= 0.6 is 0 Å². The minimum atomic E-state index is -3.10. The van der Waals surface area contributed by atoms with Gasteiger partial charge in [0.05, 0.1) is 0 Å². The molecule has 7 rings (SSSR count). The van der Waals surface area contributed by atoms with Gasteiger partial charge in [-0.3, -0.25) is 0 Å². The topological polar surface area (TPSA) is 0 Å². The van der Waals surface area contributed by atoms with Gasteiger partial charge in [-0.15, -0.1) is 0 Å². The molecule has 2 aliphatic carbocycles. The summed E-state index contributed by atoms with van der Waals surface area (Å²) in [7, 11) is -1.94. The number of hydrogen-bond acceptors (Lipinski definition) is 0. The van der Waals surface area contributed by atoms with Gasteiger partial charge in [0, 0.05) is 0 Å². The molecule has 0 radical (unpaired) electrons. The van der Waals surface area contributed by atoms with E-state index in [1.165, 1.54) is 56.6 Å². The molecule has 3 aliphatic rings. The third-order valence-electron chi connectivity index (χ3n) is 12.7. The van der Waals surface area contributed by atoms with E-state index in [4.69, 9.17) is 0 Å². The third kappa shape index (κ3) is 4.97. The van der Waals surface area contributed by atoms with Crippen LogP contribution in [0.5, 0.6) is 0 Å². The molecule has 2 unspecified atom stereocenters. The summed E-state index contributed by atoms with van der Waals surface area (Å²) in [6.45, 7) is 23.6. The Morgan fingerprint density at radius 2 is 0.958 bits per heavy atom. The predicted molar refractivity (Wildman–Crippen MR) is 211 cm³/mol. The summed E-state index contributed by atoms with van der Waals surface area (Å²) in [5.74, 6) is 0. The summed E-state index contributed by atoms with van der Waals surface area (Å²) in [6, 6.07) is 31.7. The summed E-state index contributed by atoms with van der Waals surface area (Å²) in [4.78, 5) is 0. The summed E-state index contributed by atoms with van der Waals surface area (Å²) >= 11 is -3.10. The molecule has 4 aromatic carbocycles. The Kier molecular flexibility index (Phi) is 8.12. The van der Waals surface area contributed by atoms with Crippen molar-refractivity contribution >= 4 is 20.2 Å². The van der Waals surface area contributed by atoms with Crippen molar-refractivity contribution in [2.24, 2.45) is 0 Å². The maximum atomic E-state index is 2.81. The Morgan fingerprint density at radius 3 is 1.29 bits per heavy atom. The van der Waals surface area contributed by atoms with Crippen LogP contribution in [0.2, 0.25) is 21.4 Å². The first-order chi connectivity index (χ1) is 22.5. The Bertz CT molecular complexity index is 1880. The monoisotopic (exact) mass is 816 g/mol. The van der Waals surface area contributed by atoms with Crippen molar-refractivity contribution in [2.75, 3.05) is 0 Å². The van der Waals surface area contributed by atoms with Crippen molar-refractivity contribution in [3.05, 3.63) is 128 Å². The van der Waals surface area contributed by atoms with Crippen molar-refractivity contribution in [3.63, 3.8) is 0 Å². The van der Waals surface area contributed by atoms with E-state index < -0.39 is 28.0 Å². The molecule has 248 valence electrons. The first-order valence-electron chi connectivity index (χ1n) is 18.5. The molecule has 0 nitrogen and oxygen atoms in total. The van der Waals surface area contributed by atoms with Crippen molar-refractivity contribution in [1.82, 2.24) is 0 Å². The molecular formula is C46H56HfSi. The van der Waals surface area contributed by atoms with Crippen LogP contribution < -0.4 is 0 Å². The molecular weight excluding hydrogens is 759 g/mol. The zero-order valence-corrected chi connectivity index (χ0v) is 36.2. The Labute approximate surface area is 297 Å². The SMILES string of the molecule is CC[Si]1(CC)C2=Cc3c(-c4ccc(C(C)(C)C)cc4C)cccc3[CH]2[Hf]([CH3])([CH3])[CH]2C1=Cc1c(-c3ccc(C(C)(C)C)cc3C)cccc12. The van der Waals surface area contributed by atoms with E-state index in [-0.39, 0.29) is 10.8 Å². The van der Waals surface area contributed by atoms with Crippen LogP contribution in [0.1, 0.15) is 107 Å². The number of rotatable bonds is 4. The molecule has 0 amide bonds. The van der Waals surface area contributed by atoms with Gasteiger partial charge >= 0.3 is 299 Å². The van der Waals surface area contributed by atoms with E-state index in [0.717, 1.165) is 0 Å². The second-order valence-electron chi connectivity index (χ2n) is 17.9. The van der Waals surface area contributed by atoms with E-state index in [1.54, 1.807) is 22.3 Å². The summed E-state index contributed by atoms with van der Waals surface area (Å²) in [5, 5.41) is 3.77. The minimum absolute atomic E-state index is 0.154. The van der Waals surface area contributed by atoms with Crippen LogP contribution in [-0.4, -0.2) is 8.07 Å². The summed E-state index contributed by atoms with van der Waals surface area (Å²) in [5.41, 5.74) is 18.1. The van der Waals surface area contributed by atoms with Gasteiger partial charge in [0.15, 0.2) is 0 Å². The van der Waals surface area contributed by atoms with E-state index in [9.17, 15) is 0 Å². The van der Waals surface area contributed by atoms with Crippen LogP contribution in [0.3, 0.4) is 0 Å². The van der Waals surface area contributed by atoms with Gasteiger partial charge in [0.25, 0.3) is 0 Å². The zero-order chi connectivity index (χ0) is 34.6. The molecule has 0 N–H and O–H groups in total. The Morgan fingerprint density at radius 1 is 0.562 bits per heavy atom. The van der Waals surface area contributed by atoms with Crippen LogP contribution in [0.25, 0.3) is 34.4 Å². The van der Waals surface area contributed by atoms with Crippen molar-refractivity contribution in [3.8, 4) is 22.3 Å². The second kappa shape index (κ2) is 11.5. The van der Waals surface area contributed by atoms with E-state index in [0.29, 0.717) is 7.35 Å². The molecule has 1 fully saturated rings. The fourth-order valence-electron chi connectivity index (χ4n) is 9.97. The molecule has 4 aromatic rings.